The Hall–Kier alpha value is -5.48. The first-order chi connectivity index (χ1) is 28.4. The highest BCUT2D eigenvalue weighted by atomic mass is 16.2. The first kappa shape index (κ1) is 44.6. The van der Waals surface area contributed by atoms with Crippen LogP contribution in [0, 0.1) is 5.92 Å². The number of amides is 7. The molecular weight excluding hydrogens is 751 g/mol. The lowest BCUT2D eigenvalue weighted by atomic mass is 9.84. The Morgan fingerprint density at radius 2 is 1.25 bits per heavy atom. The molecule has 15 heteroatoms. The predicted octanol–water partition coefficient (Wildman–Crippen LogP) is 1.88. The zero-order valence-electron chi connectivity index (χ0n) is 34.1. The number of nitrogens with one attached hydrogen (secondary N) is 6. The molecule has 3 aromatic rings. The van der Waals surface area contributed by atoms with Gasteiger partial charge in [0.1, 0.15) is 23.8 Å². The van der Waals surface area contributed by atoms with Gasteiger partial charge in [0.05, 0.1) is 6.04 Å². The summed E-state index contributed by atoms with van der Waals surface area (Å²) < 4.78 is -0.445. The standard InChI is InChI=1S/C44H59N9O6/c1-30(2)26-36(51-41(57)37(28-32-16-8-4-9-17-32)50-38(54)34(46)27-31-14-6-3-7-15-31)40(56)49-35(20-12-13-23-45)39(55)52-43(59)53(33-18-10-5-11-19-33)29-48-42(58)44(53)21-24-47-25-22-44/h3-11,14-19,30,34-37,47H,12-13,20-29,45-46H2,1-2H3,(H4-,48,49,50,51,52,54,55,56,57,58,59)/p+1/t34-,35-,36-,37-,53?/m1/s1. The van der Waals surface area contributed by atoms with Crippen LogP contribution in [0.4, 0.5) is 10.5 Å². The van der Waals surface area contributed by atoms with Crippen molar-refractivity contribution in [1.29, 1.82) is 0 Å². The number of nitrogens with two attached hydrogens (primary N) is 2. The molecule has 5 atom stereocenters. The van der Waals surface area contributed by atoms with E-state index in [2.05, 4.69) is 31.9 Å². The van der Waals surface area contributed by atoms with Crippen LogP contribution in [0.25, 0.3) is 0 Å². The van der Waals surface area contributed by atoms with Crippen molar-refractivity contribution in [3.8, 4) is 0 Å². The van der Waals surface area contributed by atoms with E-state index in [1.54, 1.807) is 24.3 Å². The fraction of sp³-hybridized carbons (Fsp3) is 0.455. The van der Waals surface area contributed by atoms with Gasteiger partial charge in [-0.1, -0.05) is 92.7 Å². The van der Waals surface area contributed by atoms with Crippen LogP contribution >= 0.6 is 0 Å². The number of hydrogen-bond acceptors (Lipinski definition) is 9. The van der Waals surface area contributed by atoms with E-state index in [1.165, 1.54) is 0 Å². The number of urea groups is 1. The van der Waals surface area contributed by atoms with E-state index in [4.69, 9.17) is 11.5 Å². The molecule has 3 aromatic carbocycles. The van der Waals surface area contributed by atoms with Gasteiger partial charge in [-0.05, 0) is 67.8 Å². The summed E-state index contributed by atoms with van der Waals surface area (Å²) in [6.45, 7) is 5.13. The normalized spacial score (nSPS) is 19.2. The lowest BCUT2D eigenvalue weighted by Gasteiger charge is -2.44. The van der Waals surface area contributed by atoms with Crippen molar-refractivity contribution in [2.75, 3.05) is 26.3 Å². The highest BCUT2D eigenvalue weighted by Gasteiger charge is 2.67. The molecule has 1 unspecified atom stereocenters. The summed E-state index contributed by atoms with van der Waals surface area (Å²) in [5, 5.41) is 17.3. The summed E-state index contributed by atoms with van der Waals surface area (Å²) in [5.74, 6) is -2.80. The first-order valence-electron chi connectivity index (χ1n) is 20.6. The van der Waals surface area contributed by atoms with E-state index in [1.807, 2.05) is 80.6 Å². The summed E-state index contributed by atoms with van der Waals surface area (Å²) in [6, 6.07) is 22.5. The van der Waals surface area contributed by atoms with Crippen LogP contribution < -0.4 is 47.9 Å². The van der Waals surface area contributed by atoms with Crippen molar-refractivity contribution in [3.05, 3.63) is 102 Å². The number of para-hydroxylation sites is 1. The topological polar surface area (TPSA) is 227 Å². The van der Waals surface area contributed by atoms with Crippen LogP contribution in [0.5, 0.6) is 0 Å². The molecule has 2 fully saturated rings. The Balaban J connectivity index is 1.36. The minimum atomic E-state index is -1.17. The maximum Gasteiger partial charge on any atom is 0.430 e. The second-order valence-electron chi connectivity index (χ2n) is 16.0. The number of quaternary nitrogens is 1. The van der Waals surface area contributed by atoms with Gasteiger partial charge < -0.3 is 38.1 Å². The van der Waals surface area contributed by atoms with Gasteiger partial charge >= 0.3 is 6.03 Å². The molecule has 2 saturated heterocycles. The van der Waals surface area contributed by atoms with Crippen molar-refractivity contribution in [2.24, 2.45) is 17.4 Å². The molecule has 59 heavy (non-hydrogen) atoms. The molecule has 7 amide bonds. The van der Waals surface area contributed by atoms with Crippen LogP contribution in [-0.2, 0) is 36.8 Å². The van der Waals surface area contributed by atoms with E-state index < -0.39 is 63.8 Å². The number of imide groups is 1. The van der Waals surface area contributed by atoms with E-state index in [9.17, 15) is 28.8 Å². The highest BCUT2D eigenvalue weighted by Crippen LogP contribution is 2.42. The summed E-state index contributed by atoms with van der Waals surface area (Å²) in [5.41, 5.74) is 13.1. The Bertz CT molecular complexity index is 1890. The van der Waals surface area contributed by atoms with E-state index >= 15 is 0 Å². The number of rotatable bonds is 18. The maximum atomic E-state index is 14.6. The second kappa shape index (κ2) is 21.0. The Morgan fingerprint density at radius 3 is 1.85 bits per heavy atom. The molecule has 2 aliphatic rings. The second-order valence-corrected chi connectivity index (χ2v) is 16.0. The van der Waals surface area contributed by atoms with Crippen LogP contribution in [0.2, 0.25) is 0 Å². The molecule has 0 saturated carbocycles. The van der Waals surface area contributed by atoms with Crippen LogP contribution in [0.3, 0.4) is 0 Å². The summed E-state index contributed by atoms with van der Waals surface area (Å²) in [4.78, 5) is 84.1. The van der Waals surface area contributed by atoms with Crippen molar-refractivity contribution in [1.82, 2.24) is 36.4 Å². The number of nitrogens with zero attached hydrogens (tertiary/aromatic N) is 1. The SMILES string of the molecule is CC(C)C[C@@H](NC(=O)[C@@H](Cc1ccccc1)NC(=O)[C@H](N)Cc1ccccc1)C(=O)N[C@H](CCCCN)C(=O)NC(=O)[N+]1(c2ccccc2)CNC(=O)C12CCNCC2. The van der Waals surface area contributed by atoms with Crippen LogP contribution in [0.15, 0.2) is 91.0 Å². The summed E-state index contributed by atoms with van der Waals surface area (Å²) in [6.07, 6.45) is 2.53. The molecule has 1 spiro atoms. The molecule has 316 valence electrons. The third-order valence-electron chi connectivity index (χ3n) is 11.3. The molecule has 0 aromatic heterocycles. The largest absolute Gasteiger partial charge is 0.430 e. The Morgan fingerprint density at radius 1 is 0.712 bits per heavy atom. The fourth-order valence-electron chi connectivity index (χ4n) is 8.13. The number of hydrogen-bond donors (Lipinski definition) is 8. The van der Waals surface area contributed by atoms with Crippen LogP contribution in [-0.4, -0.2) is 91.6 Å². The zero-order valence-corrected chi connectivity index (χ0v) is 34.1. The Kier molecular flexibility index (Phi) is 15.9. The summed E-state index contributed by atoms with van der Waals surface area (Å²) in [7, 11) is 0. The monoisotopic (exact) mass is 810 g/mol. The highest BCUT2D eigenvalue weighted by molar-refractivity contribution is 6.08. The van der Waals surface area contributed by atoms with Gasteiger partial charge in [-0.3, -0.25) is 24.0 Å². The molecule has 2 heterocycles. The lowest BCUT2D eigenvalue weighted by Crippen LogP contribution is -2.73. The molecular formula is C44H60N9O6+. The van der Waals surface area contributed by atoms with Crippen molar-refractivity contribution in [2.45, 2.75) is 94.9 Å². The molecule has 10 N–H and O–H groups in total. The molecule has 0 radical (unpaired) electrons. The third kappa shape index (κ3) is 11.0. The first-order valence-corrected chi connectivity index (χ1v) is 20.6. The predicted molar refractivity (Wildman–Crippen MR) is 226 cm³/mol. The van der Waals surface area contributed by atoms with Gasteiger partial charge in [0.2, 0.25) is 17.7 Å². The smallest absolute Gasteiger partial charge is 0.343 e. The van der Waals surface area contributed by atoms with Crippen molar-refractivity contribution in [3.63, 3.8) is 0 Å². The number of unbranched alkanes of at least 4 members (excludes halogenated alkanes) is 1. The minimum absolute atomic E-state index is 0.0491. The van der Waals surface area contributed by atoms with Gasteiger partial charge in [-0.15, -0.1) is 0 Å². The van der Waals surface area contributed by atoms with Crippen molar-refractivity contribution >= 4 is 41.3 Å². The Labute approximate surface area is 346 Å². The van der Waals surface area contributed by atoms with Gasteiger partial charge in [0.15, 0.2) is 12.2 Å². The number of carbonyl (C=O) groups excluding carboxylic acids is 6. The zero-order chi connectivity index (χ0) is 42.4. The molecule has 0 bridgehead atoms. The van der Waals surface area contributed by atoms with E-state index in [0.29, 0.717) is 51.0 Å². The molecule has 15 nitrogen and oxygen atoms in total. The van der Waals surface area contributed by atoms with Crippen LogP contribution in [0.1, 0.15) is 63.5 Å². The third-order valence-corrected chi connectivity index (χ3v) is 11.3. The average molecular weight is 811 g/mol. The lowest BCUT2D eigenvalue weighted by molar-refractivity contribution is -0.134. The molecule has 2 aliphatic heterocycles. The molecule has 5 rings (SSSR count). The summed E-state index contributed by atoms with van der Waals surface area (Å²) >= 11 is 0. The maximum absolute atomic E-state index is 14.6. The van der Waals surface area contributed by atoms with E-state index in [0.717, 1.165) is 11.1 Å². The number of carbonyl (C=O) groups is 6. The fourth-order valence-corrected chi connectivity index (χ4v) is 8.13. The molecule has 0 aliphatic carbocycles. The quantitative estimate of drug-likeness (QED) is 0.0693. The average Bonchev–Trinajstić information content (AvgIpc) is 3.51. The minimum Gasteiger partial charge on any atom is -0.343 e. The number of benzene rings is 3. The van der Waals surface area contributed by atoms with E-state index in [-0.39, 0.29) is 44.2 Å². The van der Waals surface area contributed by atoms with Gasteiger partial charge in [0, 0.05) is 32.4 Å². The van der Waals surface area contributed by atoms with Crippen molar-refractivity contribution < 1.29 is 28.8 Å². The van der Waals surface area contributed by atoms with Gasteiger partial charge in [0.25, 0.3) is 11.8 Å². The van der Waals surface area contributed by atoms with Gasteiger partial charge in [-0.2, -0.15) is 4.48 Å². The number of piperidine rings is 1. The van der Waals surface area contributed by atoms with Gasteiger partial charge in [-0.25, -0.2) is 10.1 Å².